The van der Waals surface area contributed by atoms with Crippen molar-refractivity contribution in [3.8, 4) is 5.75 Å². The molecule has 1 aliphatic rings. The van der Waals surface area contributed by atoms with Crippen LogP contribution in [0.2, 0.25) is 0 Å². The van der Waals surface area contributed by atoms with Gasteiger partial charge in [0, 0.05) is 13.0 Å². The predicted octanol–water partition coefficient (Wildman–Crippen LogP) is 4.96. The Labute approximate surface area is 207 Å². The highest BCUT2D eigenvalue weighted by molar-refractivity contribution is 5.91. The summed E-state index contributed by atoms with van der Waals surface area (Å²) in [7, 11) is 1.32. The molecule has 3 rings (SSSR count). The van der Waals surface area contributed by atoms with Gasteiger partial charge in [0.15, 0.2) is 5.78 Å². The molecular formula is C28H35NO6. The second-order valence-corrected chi connectivity index (χ2v) is 9.84. The molecule has 2 atom stereocenters. The quantitative estimate of drug-likeness (QED) is 0.471. The number of Topliss-reactive ketones (excluding diaryl/α,β-unsaturated/α-hetero) is 1. The molecule has 0 radical (unpaired) electrons. The largest absolute Gasteiger partial charge is 0.488 e. The van der Waals surface area contributed by atoms with Gasteiger partial charge in [-0.3, -0.25) is 14.5 Å². The minimum Gasteiger partial charge on any atom is -0.488 e. The van der Waals surface area contributed by atoms with Crippen LogP contribution in [0, 0.1) is 5.92 Å². The van der Waals surface area contributed by atoms with Crippen LogP contribution in [0.5, 0.6) is 5.75 Å². The Hall–Kier alpha value is -3.35. The van der Waals surface area contributed by atoms with E-state index in [0.29, 0.717) is 19.4 Å². The lowest BCUT2D eigenvalue weighted by molar-refractivity contribution is -0.147. The van der Waals surface area contributed by atoms with Gasteiger partial charge in [-0.25, -0.2) is 4.79 Å². The highest BCUT2D eigenvalue weighted by atomic mass is 16.6. The molecular weight excluding hydrogens is 446 g/mol. The van der Waals surface area contributed by atoms with E-state index in [2.05, 4.69) is 0 Å². The molecule has 0 N–H and O–H groups in total. The lowest BCUT2D eigenvalue weighted by Crippen LogP contribution is -2.42. The zero-order valence-corrected chi connectivity index (χ0v) is 21.0. The third kappa shape index (κ3) is 7.84. The van der Waals surface area contributed by atoms with Crippen molar-refractivity contribution in [3.05, 3.63) is 65.7 Å². The first kappa shape index (κ1) is 26.3. The van der Waals surface area contributed by atoms with E-state index in [1.165, 1.54) is 12.0 Å². The molecule has 0 bridgehead atoms. The smallest absolute Gasteiger partial charge is 0.410 e. The van der Waals surface area contributed by atoms with E-state index < -0.39 is 24.0 Å². The van der Waals surface area contributed by atoms with Crippen molar-refractivity contribution in [1.82, 2.24) is 4.90 Å². The molecule has 0 aromatic heterocycles. The fraction of sp³-hybridized carbons (Fsp3) is 0.464. The molecule has 0 aliphatic carbocycles. The minimum atomic E-state index is -0.635. The van der Waals surface area contributed by atoms with Crippen LogP contribution < -0.4 is 4.74 Å². The van der Waals surface area contributed by atoms with Crippen molar-refractivity contribution in [2.24, 2.45) is 5.92 Å². The van der Waals surface area contributed by atoms with Gasteiger partial charge in [-0.1, -0.05) is 42.5 Å². The highest BCUT2D eigenvalue weighted by Gasteiger charge is 2.37. The number of nitrogens with zero attached hydrogens (tertiary/aromatic N) is 1. The summed E-state index contributed by atoms with van der Waals surface area (Å²) >= 11 is 0. The molecule has 1 heterocycles. The first-order valence-corrected chi connectivity index (χ1v) is 12.0. The van der Waals surface area contributed by atoms with Crippen LogP contribution >= 0.6 is 0 Å². The molecule has 0 saturated carbocycles. The Balaban J connectivity index is 1.61. The SMILES string of the molecule is COC(=O)[C@@H](CC(=O)[C@@H]1CCCN1C(=O)OCc1ccccc1)Cc1ccc(OC(C)(C)C)cc1. The Morgan fingerprint density at radius 2 is 1.69 bits per heavy atom. The lowest BCUT2D eigenvalue weighted by Gasteiger charge is -2.24. The van der Waals surface area contributed by atoms with Crippen LogP contribution in [0.1, 0.15) is 51.2 Å². The number of hydrogen-bond acceptors (Lipinski definition) is 6. The molecule has 1 aliphatic heterocycles. The van der Waals surface area contributed by atoms with E-state index in [1.54, 1.807) is 0 Å². The highest BCUT2D eigenvalue weighted by Crippen LogP contribution is 2.25. The fourth-order valence-corrected chi connectivity index (χ4v) is 4.24. The number of methoxy groups -OCH3 is 1. The number of ketones is 1. The number of esters is 1. The third-order valence-electron chi connectivity index (χ3n) is 5.88. The number of likely N-dealkylation sites (tertiary alicyclic amines) is 1. The third-order valence-corrected chi connectivity index (χ3v) is 5.88. The molecule has 2 aromatic carbocycles. The monoisotopic (exact) mass is 481 g/mol. The zero-order chi connectivity index (χ0) is 25.4. The molecule has 7 heteroatoms. The number of amides is 1. The van der Waals surface area contributed by atoms with Gasteiger partial charge in [0.25, 0.3) is 0 Å². The zero-order valence-electron chi connectivity index (χ0n) is 21.0. The summed E-state index contributed by atoms with van der Waals surface area (Å²) < 4.78 is 16.3. The van der Waals surface area contributed by atoms with Crippen molar-refractivity contribution >= 4 is 17.8 Å². The summed E-state index contributed by atoms with van der Waals surface area (Å²) in [6.45, 7) is 6.54. The van der Waals surface area contributed by atoms with Crippen LogP contribution in [-0.4, -0.2) is 48.0 Å². The fourth-order valence-electron chi connectivity index (χ4n) is 4.24. The van der Waals surface area contributed by atoms with E-state index in [1.807, 2.05) is 75.4 Å². The predicted molar refractivity (Wildman–Crippen MR) is 132 cm³/mol. The Bertz CT molecular complexity index is 996. The standard InChI is InChI=1S/C28H35NO6/c1-28(2,3)35-23-14-12-20(13-15-23)17-22(26(31)33-4)18-25(30)24-11-8-16-29(24)27(32)34-19-21-9-6-5-7-10-21/h5-7,9-10,12-15,22,24H,8,11,16-19H2,1-4H3/t22-,24+/m1/s1. The molecule has 0 unspecified atom stereocenters. The number of carbonyl (C=O) groups is 3. The van der Waals surface area contributed by atoms with Crippen molar-refractivity contribution in [2.45, 2.75) is 64.7 Å². The van der Waals surface area contributed by atoms with Gasteiger partial charge in [-0.2, -0.15) is 0 Å². The Kier molecular flexibility index (Phi) is 8.90. The summed E-state index contributed by atoms with van der Waals surface area (Å²) in [6.07, 6.45) is 1.13. The molecule has 188 valence electrons. The van der Waals surface area contributed by atoms with Crippen LogP contribution in [-0.2, 0) is 32.1 Å². The number of rotatable bonds is 9. The Morgan fingerprint density at radius 1 is 1.00 bits per heavy atom. The Morgan fingerprint density at radius 3 is 2.31 bits per heavy atom. The van der Waals surface area contributed by atoms with Crippen molar-refractivity contribution < 1.29 is 28.6 Å². The van der Waals surface area contributed by atoms with Gasteiger partial charge in [0.05, 0.1) is 19.1 Å². The molecule has 1 saturated heterocycles. The maximum Gasteiger partial charge on any atom is 0.410 e. The summed E-state index contributed by atoms with van der Waals surface area (Å²) in [5.74, 6) is -0.487. The lowest BCUT2D eigenvalue weighted by atomic mass is 9.91. The maximum atomic E-state index is 13.2. The van der Waals surface area contributed by atoms with Gasteiger partial charge >= 0.3 is 12.1 Å². The van der Waals surface area contributed by atoms with Gasteiger partial charge in [-0.05, 0) is 63.3 Å². The van der Waals surface area contributed by atoms with Crippen LogP contribution in [0.3, 0.4) is 0 Å². The van der Waals surface area contributed by atoms with Crippen LogP contribution in [0.15, 0.2) is 54.6 Å². The first-order valence-electron chi connectivity index (χ1n) is 12.0. The molecule has 2 aromatic rings. The average molecular weight is 482 g/mol. The molecule has 1 amide bonds. The number of hydrogen-bond donors (Lipinski definition) is 0. The van der Waals surface area contributed by atoms with Gasteiger partial charge in [0.2, 0.25) is 0 Å². The van der Waals surface area contributed by atoms with Crippen LogP contribution in [0.25, 0.3) is 0 Å². The number of benzene rings is 2. The van der Waals surface area contributed by atoms with Gasteiger partial charge in [0.1, 0.15) is 18.0 Å². The van der Waals surface area contributed by atoms with E-state index in [9.17, 15) is 14.4 Å². The van der Waals surface area contributed by atoms with E-state index in [4.69, 9.17) is 14.2 Å². The molecule has 1 fully saturated rings. The second kappa shape index (κ2) is 11.9. The minimum absolute atomic E-state index is 0.0000474. The average Bonchev–Trinajstić information content (AvgIpc) is 3.33. The topological polar surface area (TPSA) is 82.1 Å². The number of ether oxygens (including phenoxy) is 3. The van der Waals surface area contributed by atoms with E-state index in [0.717, 1.165) is 23.3 Å². The van der Waals surface area contributed by atoms with E-state index >= 15 is 0 Å². The van der Waals surface area contributed by atoms with Crippen molar-refractivity contribution in [1.29, 1.82) is 0 Å². The second-order valence-electron chi connectivity index (χ2n) is 9.84. The molecule has 35 heavy (non-hydrogen) atoms. The molecule has 7 nitrogen and oxygen atoms in total. The van der Waals surface area contributed by atoms with Crippen molar-refractivity contribution in [2.75, 3.05) is 13.7 Å². The summed E-state index contributed by atoms with van der Waals surface area (Å²) in [5, 5.41) is 0. The van der Waals surface area contributed by atoms with Crippen LogP contribution in [0.4, 0.5) is 4.79 Å². The summed E-state index contributed by atoms with van der Waals surface area (Å²) in [5.41, 5.74) is 1.48. The first-order chi connectivity index (χ1) is 16.7. The van der Waals surface area contributed by atoms with E-state index in [-0.39, 0.29) is 24.4 Å². The molecule has 0 spiro atoms. The van der Waals surface area contributed by atoms with Crippen molar-refractivity contribution in [3.63, 3.8) is 0 Å². The number of carbonyl (C=O) groups excluding carboxylic acids is 3. The summed E-state index contributed by atoms with van der Waals surface area (Å²) in [6, 6.07) is 16.3. The maximum absolute atomic E-state index is 13.2. The van der Waals surface area contributed by atoms with Gasteiger partial charge in [-0.15, -0.1) is 0 Å². The summed E-state index contributed by atoms with van der Waals surface area (Å²) in [4.78, 5) is 39.8. The normalized spacial score (nSPS) is 16.5. The van der Waals surface area contributed by atoms with Gasteiger partial charge < -0.3 is 14.2 Å².